The van der Waals surface area contributed by atoms with Crippen molar-refractivity contribution in [3.63, 3.8) is 0 Å². The molecule has 0 aliphatic rings. The van der Waals surface area contributed by atoms with Gasteiger partial charge in [0.25, 0.3) is 23.3 Å². The van der Waals surface area contributed by atoms with Gasteiger partial charge in [-0.05, 0) is 35.9 Å². The van der Waals surface area contributed by atoms with Crippen LogP contribution in [0, 0.1) is 0 Å². The van der Waals surface area contributed by atoms with E-state index in [0.717, 1.165) is 6.07 Å². The lowest BCUT2D eigenvalue weighted by Crippen LogP contribution is -2.48. The third-order valence-corrected chi connectivity index (χ3v) is 5.23. The fourth-order valence-corrected chi connectivity index (χ4v) is 3.37. The Hall–Kier alpha value is -4.91. The van der Waals surface area contributed by atoms with E-state index in [2.05, 4.69) is 20.9 Å². The van der Waals surface area contributed by atoms with E-state index in [1.165, 1.54) is 30.3 Å². The first-order chi connectivity index (χ1) is 17.5. The number of phenolic OH excluding ortho intramolecular Hbond substituents is 1. The summed E-state index contributed by atoms with van der Waals surface area (Å²) < 4.78 is 0. The minimum absolute atomic E-state index is 0.0506. The topological polar surface area (TPSA) is 211 Å². The van der Waals surface area contributed by atoms with E-state index in [0.29, 0.717) is 5.56 Å². The number of aromatic hydroxyl groups is 1. The molecule has 0 unspecified atom stereocenters. The molecule has 3 rings (SSSR count). The normalized spacial score (nSPS) is 11.3. The lowest BCUT2D eigenvalue weighted by atomic mass is 10.1. The number of H-pyrrole nitrogens is 2. The van der Waals surface area contributed by atoms with Gasteiger partial charge in [0.05, 0.1) is 10.6 Å². The van der Waals surface area contributed by atoms with Crippen molar-refractivity contribution < 1.29 is 29.4 Å². The first-order valence-electron chi connectivity index (χ1n) is 10.5. The Morgan fingerprint density at radius 3 is 2.32 bits per heavy atom. The van der Waals surface area contributed by atoms with Crippen LogP contribution in [0.5, 0.6) is 5.75 Å². The van der Waals surface area contributed by atoms with Crippen molar-refractivity contribution >= 4 is 35.3 Å². The van der Waals surface area contributed by atoms with Crippen LogP contribution in [0.3, 0.4) is 0 Å². The summed E-state index contributed by atoms with van der Waals surface area (Å²) >= 11 is 6.15. The number of aromatic amines is 2. The van der Waals surface area contributed by atoms with Crippen LogP contribution in [0.2, 0.25) is 5.02 Å². The summed E-state index contributed by atoms with van der Waals surface area (Å²) in [5.74, 6) is -3.76. The molecular weight excluding hydrogens is 510 g/mol. The van der Waals surface area contributed by atoms with E-state index in [1.807, 2.05) is 4.98 Å². The van der Waals surface area contributed by atoms with Crippen LogP contribution in [0.4, 0.5) is 0 Å². The smallest absolute Gasteiger partial charge is 0.328 e. The van der Waals surface area contributed by atoms with E-state index in [4.69, 9.17) is 11.6 Å². The Balaban J connectivity index is 1.63. The predicted octanol–water partition coefficient (Wildman–Crippen LogP) is -0.0348. The zero-order valence-electron chi connectivity index (χ0n) is 18.8. The van der Waals surface area contributed by atoms with E-state index in [1.54, 1.807) is 12.1 Å². The second-order valence-corrected chi connectivity index (χ2v) is 8.03. The minimum Gasteiger partial charge on any atom is -0.508 e. The Kier molecular flexibility index (Phi) is 8.43. The Bertz CT molecular complexity index is 1450. The molecule has 0 spiro atoms. The molecule has 1 heterocycles. The average Bonchev–Trinajstić information content (AvgIpc) is 2.83. The molecule has 37 heavy (non-hydrogen) atoms. The van der Waals surface area contributed by atoms with Gasteiger partial charge in [-0.2, -0.15) is 0 Å². The van der Waals surface area contributed by atoms with Gasteiger partial charge in [-0.15, -0.1) is 0 Å². The number of hydrogen-bond acceptors (Lipinski definition) is 7. The molecule has 0 aliphatic heterocycles. The Labute approximate surface area is 212 Å². The van der Waals surface area contributed by atoms with Crippen LogP contribution in [-0.2, 0) is 11.3 Å². The zero-order valence-corrected chi connectivity index (χ0v) is 19.6. The molecule has 3 aromatic rings. The number of nitrogens with one attached hydrogen (secondary N) is 5. The molecule has 1 atom stereocenters. The van der Waals surface area contributed by atoms with Crippen LogP contribution in [0.1, 0.15) is 36.8 Å². The van der Waals surface area contributed by atoms with E-state index >= 15 is 0 Å². The van der Waals surface area contributed by atoms with Gasteiger partial charge in [0.15, 0.2) is 0 Å². The Morgan fingerprint density at radius 2 is 1.68 bits per heavy atom. The second-order valence-electron chi connectivity index (χ2n) is 7.62. The molecule has 0 radical (unpaired) electrons. The van der Waals surface area contributed by atoms with Crippen molar-refractivity contribution in [2.45, 2.75) is 12.6 Å². The molecule has 0 fully saturated rings. The molecule has 0 saturated heterocycles. The molecule has 14 heteroatoms. The number of phenols is 1. The SMILES string of the molecule is O=C(NCc1cccc(O)c1)c1ccc(C(=O)N[C@@H](CNC(=O)c2cc(=O)[nH]c(=O)[nH]2)C(=O)O)c(Cl)c1. The van der Waals surface area contributed by atoms with Crippen molar-refractivity contribution in [1.82, 2.24) is 25.9 Å². The van der Waals surface area contributed by atoms with Gasteiger partial charge in [0.1, 0.15) is 17.5 Å². The number of amides is 3. The Morgan fingerprint density at radius 1 is 0.919 bits per heavy atom. The number of aliphatic carboxylic acids is 1. The molecular formula is C23H20ClN5O8. The van der Waals surface area contributed by atoms with Gasteiger partial charge >= 0.3 is 11.7 Å². The van der Waals surface area contributed by atoms with Gasteiger partial charge < -0.3 is 31.1 Å². The molecule has 0 aliphatic carbocycles. The maximum absolute atomic E-state index is 12.6. The molecule has 192 valence electrons. The monoisotopic (exact) mass is 529 g/mol. The number of halogens is 1. The van der Waals surface area contributed by atoms with E-state index in [-0.39, 0.29) is 28.4 Å². The number of carboxylic acids is 1. The largest absolute Gasteiger partial charge is 0.508 e. The fourth-order valence-electron chi connectivity index (χ4n) is 3.11. The standard InChI is InChI=1S/C23H20ClN5O8/c24-15-7-12(19(32)25-9-11-2-1-3-13(30)6-11)4-5-14(15)20(33)27-17(22(35)36)10-26-21(34)16-8-18(31)29-23(37)28-16/h1-8,17,30H,9-10H2,(H,25,32)(H,26,34)(H,27,33)(H,35,36)(H2,28,29,31,37)/t17-/m0/s1. The highest BCUT2D eigenvalue weighted by molar-refractivity contribution is 6.34. The summed E-state index contributed by atoms with van der Waals surface area (Å²) in [5, 5.41) is 25.8. The lowest BCUT2D eigenvalue weighted by molar-refractivity contribution is -0.139. The molecule has 1 aromatic heterocycles. The third kappa shape index (κ3) is 7.29. The van der Waals surface area contributed by atoms with Crippen LogP contribution >= 0.6 is 11.6 Å². The average molecular weight is 530 g/mol. The number of benzene rings is 2. The first kappa shape index (κ1) is 26.7. The van der Waals surface area contributed by atoms with Crippen molar-refractivity contribution in [2.24, 2.45) is 0 Å². The number of hydrogen-bond donors (Lipinski definition) is 7. The second kappa shape index (κ2) is 11.7. The van der Waals surface area contributed by atoms with Crippen LogP contribution in [-0.4, -0.2) is 56.5 Å². The maximum Gasteiger partial charge on any atom is 0.328 e. The first-order valence-corrected chi connectivity index (χ1v) is 10.9. The zero-order chi connectivity index (χ0) is 27.1. The number of rotatable bonds is 9. The molecule has 0 saturated carbocycles. The molecule has 7 N–H and O–H groups in total. The van der Waals surface area contributed by atoms with E-state index < -0.39 is 53.2 Å². The maximum atomic E-state index is 12.6. The van der Waals surface area contributed by atoms with Gasteiger partial charge in [-0.3, -0.25) is 24.2 Å². The summed E-state index contributed by atoms with van der Waals surface area (Å²) in [4.78, 5) is 75.3. The quantitative estimate of drug-likeness (QED) is 0.199. The number of carbonyl (C=O) groups excluding carboxylic acids is 3. The summed E-state index contributed by atoms with van der Waals surface area (Å²) in [6.07, 6.45) is 0. The number of carbonyl (C=O) groups is 4. The molecule has 13 nitrogen and oxygen atoms in total. The summed E-state index contributed by atoms with van der Waals surface area (Å²) in [6.45, 7) is -0.452. The third-order valence-electron chi connectivity index (χ3n) is 4.91. The van der Waals surface area contributed by atoms with E-state index in [9.17, 15) is 39.0 Å². The summed E-state index contributed by atoms with van der Waals surface area (Å²) in [6, 6.07) is 9.32. The van der Waals surface area contributed by atoms with Crippen LogP contribution < -0.4 is 27.2 Å². The molecule has 2 aromatic carbocycles. The van der Waals surface area contributed by atoms with Crippen molar-refractivity contribution in [3.05, 3.63) is 96.8 Å². The number of carboxylic acid groups (broad SMARTS) is 1. The fraction of sp³-hybridized carbons (Fsp3) is 0.130. The van der Waals surface area contributed by atoms with Crippen molar-refractivity contribution in [1.29, 1.82) is 0 Å². The van der Waals surface area contributed by atoms with Crippen molar-refractivity contribution in [2.75, 3.05) is 6.54 Å². The highest BCUT2D eigenvalue weighted by Crippen LogP contribution is 2.18. The highest BCUT2D eigenvalue weighted by Gasteiger charge is 2.23. The molecule has 3 amide bonds. The summed E-state index contributed by atoms with van der Waals surface area (Å²) in [5.41, 5.74) is -1.48. The van der Waals surface area contributed by atoms with Gasteiger partial charge in [0, 0.05) is 24.7 Å². The lowest BCUT2D eigenvalue weighted by Gasteiger charge is -2.16. The predicted molar refractivity (Wildman–Crippen MR) is 130 cm³/mol. The molecule has 0 bridgehead atoms. The van der Waals surface area contributed by atoms with Gasteiger partial charge in [-0.1, -0.05) is 23.7 Å². The minimum atomic E-state index is -1.59. The summed E-state index contributed by atoms with van der Waals surface area (Å²) in [7, 11) is 0. The highest BCUT2D eigenvalue weighted by atomic mass is 35.5. The van der Waals surface area contributed by atoms with Crippen molar-refractivity contribution in [3.8, 4) is 5.75 Å². The van der Waals surface area contributed by atoms with Gasteiger partial charge in [-0.25, -0.2) is 9.59 Å². The van der Waals surface area contributed by atoms with Crippen LogP contribution in [0.25, 0.3) is 0 Å². The van der Waals surface area contributed by atoms with Gasteiger partial charge in [0.2, 0.25) is 0 Å². The van der Waals surface area contributed by atoms with Crippen LogP contribution in [0.15, 0.2) is 58.1 Å². The number of aromatic nitrogens is 2.